The van der Waals surface area contributed by atoms with Crippen molar-refractivity contribution in [2.75, 3.05) is 13.7 Å². The largest absolute Gasteiger partial charge is 0.530 e. The second kappa shape index (κ2) is 6.31. The molecule has 0 fully saturated rings. The molecule has 0 radical (unpaired) electrons. The second-order valence-corrected chi connectivity index (χ2v) is 4.36. The van der Waals surface area contributed by atoms with Crippen LogP contribution in [0, 0.1) is 12.3 Å². The number of halogens is 2. The molecule has 0 saturated carbocycles. The van der Waals surface area contributed by atoms with Gasteiger partial charge in [0.1, 0.15) is 17.4 Å². The molecule has 4 nitrogen and oxygen atoms in total. The van der Waals surface area contributed by atoms with Gasteiger partial charge in [0.15, 0.2) is 0 Å². The molecule has 0 aliphatic carbocycles. The zero-order valence-electron chi connectivity index (χ0n) is 6.70. The van der Waals surface area contributed by atoms with E-state index in [1.165, 1.54) is 0 Å². The molecular weight excluding hydrogens is 238 g/mol. The lowest BCUT2D eigenvalue weighted by Crippen LogP contribution is -1.94. The molecule has 0 amide bonds. The van der Waals surface area contributed by atoms with Crippen molar-refractivity contribution in [3.63, 3.8) is 0 Å². The Hall–Kier alpha value is -0.170. The lowest BCUT2D eigenvalue weighted by Gasteiger charge is -2.11. The highest BCUT2D eigenvalue weighted by Gasteiger charge is 2.24. The minimum absolute atomic E-state index is 0.196. The van der Waals surface area contributed by atoms with E-state index in [1.54, 1.807) is 0 Å². The molecule has 0 heterocycles. The topological polar surface area (TPSA) is 44.8 Å². The molecule has 0 aliphatic rings. The number of hydrogen-bond acceptors (Lipinski definition) is 4. The number of terminal acetylenes is 1. The number of rotatable bonds is 5. The van der Waals surface area contributed by atoms with Gasteiger partial charge in [-0.15, -0.1) is 6.42 Å². The Kier molecular flexibility index (Phi) is 6.23. The van der Waals surface area contributed by atoms with E-state index < -0.39 is 7.82 Å². The maximum atomic E-state index is 11.3. The van der Waals surface area contributed by atoms with Gasteiger partial charge in [-0.05, 0) is 0 Å². The second-order valence-electron chi connectivity index (χ2n) is 1.62. The fraction of sp³-hybridized carbons (Fsp3) is 0.333. The summed E-state index contributed by atoms with van der Waals surface area (Å²) in [6, 6.07) is 0. The molecule has 0 spiro atoms. The van der Waals surface area contributed by atoms with Crippen molar-refractivity contribution in [2.24, 2.45) is 0 Å². The van der Waals surface area contributed by atoms with Crippen molar-refractivity contribution in [2.45, 2.75) is 0 Å². The monoisotopic (exact) mass is 244 g/mol. The van der Waals surface area contributed by atoms with Gasteiger partial charge in [0, 0.05) is 7.11 Å². The molecule has 0 aromatic rings. The number of phosphoric acid groups is 1. The fourth-order valence-electron chi connectivity index (χ4n) is 0.347. The summed E-state index contributed by atoms with van der Waals surface area (Å²) in [5, 5.41) is 0. The quantitative estimate of drug-likeness (QED) is 0.424. The van der Waals surface area contributed by atoms with Gasteiger partial charge in [0.05, 0.1) is 0 Å². The van der Waals surface area contributed by atoms with Crippen LogP contribution in [0.2, 0.25) is 0 Å². The van der Waals surface area contributed by atoms with Crippen LogP contribution in [0.25, 0.3) is 0 Å². The minimum Gasteiger partial charge on any atom is -0.409 e. The Bertz CT molecular complexity index is 266. The van der Waals surface area contributed by atoms with Crippen LogP contribution in [-0.4, -0.2) is 13.7 Å². The van der Waals surface area contributed by atoms with Crippen molar-refractivity contribution in [1.29, 1.82) is 0 Å². The van der Waals surface area contributed by atoms with E-state index in [1.807, 2.05) is 0 Å². The van der Waals surface area contributed by atoms with Crippen molar-refractivity contribution < 1.29 is 18.1 Å². The van der Waals surface area contributed by atoms with Crippen LogP contribution in [-0.2, 0) is 18.1 Å². The molecule has 0 rings (SSSR count). The van der Waals surface area contributed by atoms with E-state index in [-0.39, 0.29) is 11.1 Å². The van der Waals surface area contributed by atoms with Gasteiger partial charge < -0.3 is 4.52 Å². The summed E-state index contributed by atoms with van der Waals surface area (Å²) in [6.07, 6.45) is 5.71. The van der Waals surface area contributed by atoms with Gasteiger partial charge >= 0.3 is 7.82 Å². The smallest absolute Gasteiger partial charge is 0.409 e. The zero-order chi connectivity index (χ0) is 10.3. The van der Waals surface area contributed by atoms with Crippen LogP contribution in [0.1, 0.15) is 0 Å². The van der Waals surface area contributed by atoms with Crippen molar-refractivity contribution >= 4 is 31.0 Å². The van der Waals surface area contributed by atoms with Crippen molar-refractivity contribution in [1.82, 2.24) is 0 Å². The molecule has 0 bridgehead atoms. The first kappa shape index (κ1) is 12.8. The third-order valence-corrected chi connectivity index (χ3v) is 2.23. The number of phosphoric ester groups is 1. The van der Waals surface area contributed by atoms with Gasteiger partial charge in [-0.25, -0.2) is 4.57 Å². The lowest BCUT2D eigenvalue weighted by molar-refractivity contribution is 0.181. The summed E-state index contributed by atoms with van der Waals surface area (Å²) in [6.45, 7) is -0.196. The highest BCUT2D eigenvalue weighted by atomic mass is 35.5. The molecule has 0 aromatic heterocycles. The summed E-state index contributed by atoms with van der Waals surface area (Å²) >= 11 is 10.4. The van der Waals surface area contributed by atoms with Gasteiger partial charge in [0.25, 0.3) is 0 Å². The van der Waals surface area contributed by atoms with Crippen LogP contribution in [0.5, 0.6) is 0 Å². The van der Waals surface area contributed by atoms with E-state index in [0.717, 1.165) is 13.4 Å². The summed E-state index contributed by atoms with van der Waals surface area (Å²) in [7, 11) is -2.51. The van der Waals surface area contributed by atoms with E-state index in [9.17, 15) is 4.57 Å². The average Bonchev–Trinajstić information content (AvgIpc) is 2.11. The lowest BCUT2D eigenvalue weighted by atomic mass is 10.8. The van der Waals surface area contributed by atoms with Crippen LogP contribution >= 0.6 is 31.0 Å². The predicted molar refractivity (Wildman–Crippen MR) is 50.3 cm³/mol. The molecule has 0 saturated heterocycles. The summed E-state index contributed by atoms with van der Waals surface area (Å²) in [5.41, 5.74) is 0. The van der Waals surface area contributed by atoms with Gasteiger partial charge in [-0.3, -0.25) is 9.05 Å². The first-order chi connectivity index (χ1) is 6.04. The third-order valence-electron chi connectivity index (χ3n) is 0.800. The molecular formula is C6H7Cl2O4P. The third kappa shape index (κ3) is 5.98. The van der Waals surface area contributed by atoms with Gasteiger partial charge in [-0.2, -0.15) is 0 Å². The van der Waals surface area contributed by atoms with E-state index in [0.29, 0.717) is 0 Å². The van der Waals surface area contributed by atoms with E-state index >= 15 is 0 Å². The Labute approximate surface area is 86.4 Å². The van der Waals surface area contributed by atoms with E-state index in [4.69, 9.17) is 29.6 Å². The highest BCUT2D eigenvalue weighted by molar-refractivity contribution is 7.48. The predicted octanol–water partition coefficient (Wildman–Crippen LogP) is 2.68. The minimum atomic E-state index is -3.66. The highest BCUT2D eigenvalue weighted by Crippen LogP contribution is 2.49. The number of hydrogen-bond donors (Lipinski definition) is 0. The summed E-state index contributed by atoms with van der Waals surface area (Å²) in [5.74, 6) is 2.10. The standard InChI is InChI=1S/C6H7Cl2O4P/c1-3-4-11-13(9,10-2)12-5-6(7)8/h1,5H,4H2,2H3. The maximum Gasteiger partial charge on any atom is 0.530 e. The maximum absolute atomic E-state index is 11.3. The molecule has 7 heteroatoms. The van der Waals surface area contributed by atoms with Crippen LogP contribution in [0.15, 0.2) is 10.8 Å². The van der Waals surface area contributed by atoms with Crippen LogP contribution in [0.4, 0.5) is 0 Å². The molecule has 0 aromatic carbocycles. The molecule has 13 heavy (non-hydrogen) atoms. The molecule has 1 atom stereocenters. The molecule has 74 valence electrons. The Morgan fingerprint density at radius 1 is 1.69 bits per heavy atom. The van der Waals surface area contributed by atoms with E-state index in [2.05, 4.69) is 19.5 Å². The zero-order valence-corrected chi connectivity index (χ0v) is 9.10. The first-order valence-electron chi connectivity index (χ1n) is 2.97. The van der Waals surface area contributed by atoms with Crippen LogP contribution in [0.3, 0.4) is 0 Å². The fourth-order valence-corrected chi connectivity index (χ4v) is 1.28. The molecule has 0 N–H and O–H groups in total. The Morgan fingerprint density at radius 2 is 2.31 bits per heavy atom. The van der Waals surface area contributed by atoms with Gasteiger partial charge in [-0.1, -0.05) is 29.1 Å². The molecule has 0 aliphatic heterocycles. The average molecular weight is 245 g/mol. The SMILES string of the molecule is C#CCOP(=O)(OC)OC=C(Cl)Cl. The van der Waals surface area contributed by atoms with Crippen molar-refractivity contribution in [3.8, 4) is 12.3 Å². The first-order valence-corrected chi connectivity index (χ1v) is 5.19. The van der Waals surface area contributed by atoms with Gasteiger partial charge in [0.2, 0.25) is 0 Å². The Balaban J connectivity index is 4.22. The van der Waals surface area contributed by atoms with Crippen LogP contribution < -0.4 is 0 Å². The van der Waals surface area contributed by atoms with Crippen molar-refractivity contribution in [3.05, 3.63) is 10.8 Å². The normalized spacial score (nSPS) is 14.0. The molecule has 1 unspecified atom stereocenters. The summed E-state index contributed by atoms with van der Waals surface area (Å²) in [4.78, 5) is 0. The Morgan fingerprint density at radius 3 is 2.69 bits per heavy atom. The summed E-state index contributed by atoms with van der Waals surface area (Å²) < 4.78 is 24.7.